The molecule has 1 heterocycles. The van der Waals surface area contributed by atoms with Gasteiger partial charge in [0.25, 0.3) is 5.91 Å². The summed E-state index contributed by atoms with van der Waals surface area (Å²) in [6.07, 6.45) is 2.45. The third-order valence-corrected chi connectivity index (χ3v) is 6.13. The second-order valence-electron chi connectivity index (χ2n) is 7.38. The van der Waals surface area contributed by atoms with E-state index in [4.69, 9.17) is 4.74 Å². The number of aromatic nitrogens is 1. The minimum absolute atomic E-state index is 0.296. The molecule has 1 amide bonds. The van der Waals surface area contributed by atoms with Crippen LogP contribution < -0.4 is 14.5 Å². The quantitative estimate of drug-likeness (QED) is 0.403. The van der Waals surface area contributed by atoms with E-state index in [0.29, 0.717) is 22.7 Å². The van der Waals surface area contributed by atoms with Gasteiger partial charge in [0.05, 0.1) is 31.0 Å². The van der Waals surface area contributed by atoms with Crippen LogP contribution in [0.3, 0.4) is 0 Å². The molecule has 0 saturated heterocycles. The van der Waals surface area contributed by atoms with Crippen LogP contribution in [0.15, 0.2) is 59.7 Å². The minimum atomic E-state index is -3.73. The van der Waals surface area contributed by atoms with Gasteiger partial charge in [-0.25, -0.2) is 18.2 Å². The number of methoxy groups -OCH3 is 1. The van der Waals surface area contributed by atoms with Crippen LogP contribution in [0, 0.1) is 19.7 Å². The zero-order chi connectivity index (χ0) is 24.2. The average molecular weight is 473 g/mol. The molecule has 174 valence electrons. The Kier molecular flexibility index (Phi) is 7.17. The number of ether oxygens (including phenoxy) is 1. The lowest BCUT2D eigenvalue weighted by Gasteiger charge is -2.21. The summed E-state index contributed by atoms with van der Waals surface area (Å²) in [5, 5.41) is 3.96. The Balaban J connectivity index is 1.76. The third-order valence-electron chi connectivity index (χ3n) is 4.99. The number of nitrogens with one attached hydrogen (secondary N) is 1. The van der Waals surface area contributed by atoms with Crippen LogP contribution in [0.1, 0.15) is 17.0 Å². The lowest BCUT2D eigenvalue weighted by Crippen LogP contribution is -2.39. The first kappa shape index (κ1) is 24.0. The van der Waals surface area contributed by atoms with Gasteiger partial charge < -0.3 is 9.30 Å². The van der Waals surface area contributed by atoms with E-state index in [1.807, 2.05) is 19.9 Å². The molecule has 2 aromatic carbocycles. The topological polar surface area (TPSA) is 93.0 Å². The zero-order valence-corrected chi connectivity index (χ0v) is 19.6. The van der Waals surface area contributed by atoms with E-state index in [1.165, 1.54) is 25.5 Å². The predicted octanol–water partition coefficient (Wildman–Crippen LogP) is 3.16. The van der Waals surface area contributed by atoms with Gasteiger partial charge >= 0.3 is 0 Å². The van der Waals surface area contributed by atoms with Crippen molar-refractivity contribution in [2.75, 3.05) is 24.2 Å². The van der Waals surface area contributed by atoms with Crippen molar-refractivity contribution in [1.82, 2.24) is 9.99 Å². The van der Waals surface area contributed by atoms with Crippen molar-refractivity contribution in [3.05, 3.63) is 77.4 Å². The number of halogens is 1. The van der Waals surface area contributed by atoms with Gasteiger partial charge in [-0.05, 0) is 44.2 Å². The van der Waals surface area contributed by atoms with Gasteiger partial charge in [0, 0.05) is 23.0 Å². The number of anilines is 1. The highest BCUT2D eigenvalue weighted by molar-refractivity contribution is 7.92. The van der Waals surface area contributed by atoms with Crippen molar-refractivity contribution < 1.29 is 22.3 Å². The molecule has 1 N–H and O–H groups in total. The minimum Gasteiger partial charge on any atom is -0.497 e. The first-order chi connectivity index (χ1) is 15.6. The van der Waals surface area contributed by atoms with Crippen LogP contribution >= 0.6 is 0 Å². The number of hydrogen-bond acceptors (Lipinski definition) is 5. The Morgan fingerprint density at radius 2 is 1.91 bits per heavy atom. The van der Waals surface area contributed by atoms with Gasteiger partial charge in [-0.1, -0.05) is 18.2 Å². The van der Waals surface area contributed by atoms with Crippen LogP contribution in [0.4, 0.5) is 10.1 Å². The molecule has 0 fully saturated rings. The number of aryl methyl sites for hydroxylation is 1. The summed E-state index contributed by atoms with van der Waals surface area (Å²) in [4.78, 5) is 12.4. The van der Waals surface area contributed by atoms with Gasteiger partial charge in [-0.15, -0.1) is 0 Å². The molecular formula is C23H25FN4O4S. The monoisotopic (exact) mass is 472 g/mol. The highest BCUT2D eigenvalue weighted by Gasteiger charge is 2.21. The summed E-state index contributed by atoms with van der Waals surface area (Å²) >= 11 is 0. The molecule has 3 aromatic rings. The smallest absolute Gasteiger partial charge is 0.260 e. The number of amides is 1. The van der Waals surface area contributed by atoms with E-state index in [1.54, 1.807) is 41.0 Å². The Morgan fingerprint density at radius 3 is 2.58 bits per heavy atom. The molecule has 3 rings (SSSR count). The van der Waals surface area contributed by atoms with Gasteiger partial charge in [-0.2, -0.15) is 5.10 Å². The highest BCUT2D eigenvalue weighted by atomic mass is 32.2. The normalized spacial score (nSPS) is 11.5. The molecule has 0 radical (unpaired) electrons. The fraction of sp³-hybridized carbons (Fsp3) is 0.217. The number of rotatable bonds is 8. The van der Waals surface area contributed by atoms with Gasteiger partial charge in [0.2, 0.25) is 10.0 Å². The SMILES string of the molecule is COc1cccc(N(CC(=O)N/N=C\c2cc(C)n(-c3ccccc3F)c2C)S(C)(=O)=O)c1. The van der Waals surface area contributed by atoms with E-state index in [-0.39, 0.29) is 5.82 Å². The second kappa shape index (κ2) is 9.86. The number of hydrogen-bond donors (Lipinski definition) is 1. The van der Waals surface area contributed by atoms with Crippen molar-refractivity contribution in [1.29, 1.82) is 0 Å². The van der Waals surface area contributed by atoms with E-state index in [2.05, 4.69) is 10.5 Å². The molecular weight excluding hydrogens is 447 g/mol. The summed E-state index contributed by atoms with van der Waals surface area (Å²) in [5.74, 6) is -0.512. The van der Waals surface area contributed by atoms with E-state index in [0.717, 1.165) is 21.9 Å². The van der Waals surface area contributed by atoms with E-state index < -0.39 is 22.5 Å². The van der Waals surface area contributed by atoms with E-state index in [9.17, 15) is 17.6 Å². The number of nitrogens with zero attached hydrogens (tertiary/aromatic N) is 3. The lowest BCUT2D eigenvalue weighted by atomic mass is 10.2. The average Bonchev–Trinajstić information content (AvgIpc) is 3.04. The second-order valence-corrected chi connectivity index (χ2v) is 9.28. The largest absolute Gasteiger partial charge is 0.497 e. The Bertz CT molecular complexity index is 1300. The zero-order valence-electron chi connectivity index (χ0n) is 18.7. The molecule has 10 heteroatoms. The molecule has 0 aliphatic carbocycles. The predicted molar refractivity (Wildman–Crippen MR) is 126 cm³/mol. The summed E-state index contributed by atoms with van der Waals surface area (Å²) in [6.45, 7) is 3.20. The van der Waals surface area contributed by atoms with Crippen molar-refractivity contribution in [3.8, 4) is 11.4 Å². The molecule has 0 aliphatic heterocycles. The van der Waals surface area contributed by atoms with Gasteiger partial charge in [0.15, 0.2) is 0 Å². The van der Waals surface area contributed by atoms with Crippen LogP contribution in [0.2, 0.25) is 0 Å². The Morgan fingerprint density at radius 1 is 1.18 bits per heavy atom. The molecule has 0 atom stereocenters. The van der Waals surface area contributed by atoms with Crippen molar-refractivity contribution in [2.45, 2.75) is 13.8 Å². The van der Waals surface area contributed by atoms with Crippen molar-refractivity contribution in [3.63, 3.8) is 0 Å². The molecule has 1 aromatic heterocycles. The summed E-state index contributed by atoms with van der Waals surface area (Å²) in [6, 6.07) is 14.6. The van der Waals surface area contributed by atoms with Crippen LogP contribution in [-0.4, -0.2) is 45.0 Å². The molecule has 0 spiro atoms. The molecule has 8 nitrogen and oxygen atoms in total. The number of carbonyl (C=O) groups excluding carboxylic acids is 1. The maximum atomic E-state index is 14.2. The number of benzene rings is 2. The van der Waals surface area contributed by atoms with Gasteiger partial charge in [0.1, 0.15) is 18.1 Å². The van der Waals surface area contributed by atoms with Gasteiger partial charge in [-0.3, -0.25) is 9.10 Å². The van der Waals surface area contributed by atoms with Crippen LogP contribution in [0.25, 0.3) is 5.69 Å². The van der Waals surface area contributed by atoms with Crippen LogP contribution in [0.5, 0.6) is 5.75 Å². The fourth-order valence-electron chi connectivity index (χ4n) is 3.43. The maximum absolute atomic E-state index is 14.2. The molecule has 0 saturated carbocycles. The molecule has 0 bridgehead atoms. The molecule has 33 heavy (non-hydrogen) atoms. The van der Waals surface area contributed by atoms with Crippen molar-refractivity contribution in [2.24, 2.45) is 5.10 Å². The lowest BCUT2D eigenvalue weighted by molar-refractivity contribution is -0.119. The number of sulfonamides is 1. The standard InChI is InChI=1S/C23H25FN4O4S/c1-16-12-18(17(2)28(16)22-11-6-5-10-21(22)24)14-25-26-23(29)15-27(33(4,30)31)19-8-7-9-20(13-19)32-3/h5-14H,15H2,1-4H3,(H,26,29)/b25-14-. The summed E-state index contributed by atoms with van der Waals surface area (Å²) in [7, 11) is -2.27. The molecule has 0 unspecified atom stereocenters. The van der Waals surface area contributed by atoms with Crippen LogP contribution in [-0.2, 0) is 14.8 Å². The Hall–Kier alpha value is -3.66. The number of para-hydroxylation sites is 1. The molecule has 0 aliphatic rings. The van der Waals surface area contributed by atoms with Crippen molar-refractivity contribution >= 4 is 27.8 Å². The Labute approximate surface area is 192 Å². The first-order valence-corrected chi connectivity index (χ1v) is 11.8. The number of carbonyl (C=O) groups is 1. The van der Waals surface area contributed by atoms with E-state index >= 15 is 0 Å². The third kappa shape index (κ3) is 5.58. The first-order valence-electron chi connectivity index (χ1n) is 9.99. The summed E-state index contributed by atoms with van der Waals surface area (Å²) in [5.41, 5.74) is 5.28. The highest BCUT2D eigenvalue weighted by Crippen LogP contribution is 2.23. The number of hydrazone groups is 1. The fourth-order valence-corrected chi connectivity index (χ4v) is 4.28. The maximum Gasteiger partial charge on any atom is 0.260 e. The summed E-state index contributed by atoms with van der Waals surface area (Å²) < 4.78 is 46.6.